The second-order valence-corrected chi connectivity index (χ2v) is 5.08. The predicted molar refractivity (Wildman–Crippen MR) is 75.7 cm³/mol. The van der Waals surface area contributed by atoms with Gasteiger partial charge in [0, 0.05) is 45.5 Å². The quantitative estimate of drug-likeness (QED) is 0.905. The maximum absolute atomic E-state index is 4.49. The van der Waals surface area contributed by atoms with E-state index in [9.17, 15) is 0 Å². The van der Waals surface area contributed by atoms with Gasteiger partial charge in [0.05, 0.1) is 5.69 Å². The van der Waals surface area contributed by atoms with Gasteiger partial charge in [-0.05, 0) is 11.6 Å². The van der Waals surface area contributed by atoms with Crippen molar-refractivity contribution in [1.82, 2.24) is 20.0 Å². The Labute approximate surface area is 114 Å². The van der Waals surface area contributed by atoms with Gasteiger partial charge in [0.25, 0.3) is 0 Å². The molecule has 1 fully saturated rings. The van der Waals surface area contributed by atoms with Gasteiger partial charge >= 0.3 is 0 Å². The molecule has 4 nitrogen and oxygen atoms in total. The highest BCUT2D eigenvalue weighted by atomic mass is 15.3. The van der Waals surface area contributed by atoms with Crippen molar-refractivity contribution < 1.29 is 0 Å². The van der Waals surface area contributed by atoms with E-state index in [2.05, 4.69) is 51.7 Å². The standard InChI is InChI=1S/C15H20N4/c1-18-9-7-14(17-18)12-19-10-8-16-11-15(19)13-5-3-2-4-6-13/h2-7,9,15-16H,8,10-12H2,1H3. The lowest BCUT2D eigenvalue weighted by Gasteiger charge is -2.36. The van der Waals surface area contributed by atoms with Gasteiger partial charge < -0.3 is 5.32 Å². The number of hydrogen-bond acceptors (Lipinski definition) is 3. The molecule has 0 amide bonds. The first kappa shape index (κ1) is 12.4. The second-order valence-electron chi connectivity index (χ2n) is 5.08. The van der Waals surface area contributed by atoms with Crippen LogP contribution < -0.4 is 5.32 Å². The summed E-state index contributed by atoms with van der Waals surface area (Å²) in [5.74, 6) is 0. The van der Waals surface area contributed by atoms with E-state index in [0.29, 0.717) is 6.04 Å². The first-order chi connectivity index (χ1) is 9.33. The third kappa shape index (κ3) is 2.85. The van der Waals surface area contributed by atoms with Gasteiger partial charge in [-0.2, -0.15) is 5.10 Å². The fourth-order valence-corrected chi connectivity index (χ4v) is 2.70. The zero-order chi connectivity index (χ0) is 13.1. The van der Waals surface area contributed by atoms with Crippen LogP contribution in [0.1, 0.15) is 17.3 Å². The van der Waals surface area contributed by atoms with E-state index in [0.717, 1.165) is 31.9 Å². The lowest BCUT2D eigenvalue weighted by atomic mass is 10.0. The third-order valence-corrected chi connectivity index (χ3v) is 3.67. The summed E-state index contributed by atoms with van der Waals surface area (Å²) >= 11 is 0. The van der Waals surface area contributed by atoms with E-state index in [1.807, 2.05) is 17.9 Å². The molecular formula is C15H20N4. The van der Waals surface area contributed by atoms with E-state index in [-0.39, 0.29) is 0 Å². The number of benzene rings is 1. The highest BCUT2D eigenvalue weighted by molar-refractivity contribution is 5.20. The van der Waals surface area contributed by atoms with Crippen LogP contribution in [0.25, 0.3) is 0 Å². The topological polar surface area (TPSA) is 33.1 Å². The predicted octanol–water partition coefficient (Wildman–Crippen LogP) is 1.57. The van der Waals surface area contributed by atoms with Crippen molar-refractivity contribution >= 4 is 0 Å². The molecule has 2 heterocycles. The summed E-state index contributed by atoms with van der Waals surface area (Å²) in [6.45, 7) is 4.05. The Morgan fingerprint density at radius 1 is 1.26 bits per heavy atom. The molecule has 0 spiro atoms. The van der Waals surface area contributed by atoms with Crippen LogP contribution in [-0.4, -0.2) is 34.3 Å². The molecule has 1 atom stereocenters. The lowest BCUT2D eigenvalue weighted by Crippen LogP contribution is -2.45. The van der Waals surface area contributed by atoms with Crippen LogP contribution in [0.15, 0.2) is 42.6 Å². The van der Waals surface area contributed by atoms with Crippen LogP contribution in [0.5, 0.6) is 0 Å². The van der Waals surface area contributed by atoms with Crippen molar-refractivity contribution in [1.29, 1.82) is 0 Å². The Kier molecular flexibility index (Phi) is 3.62. The molecule has 100 valence electrons. The highest BCUT2D eigenvalue weighted by Gasteiger charge is 2.23. The molecule has 1 saturated heterocycles. The normalized spacial score (nSPS) is 20.6. The molecular weight excluding hydrogens is 236 g/mol. The minimum absolute atomic E-state index is 0.442. The van der Waals surface area contributed by atoms with E-state index >= 15 is 0 Å². The van der Waals surface area contributed by atoms with Crippen molar-refractivity contribution in [3.05, 3.63) is 53.9 Å². The molecule has 3 rings (SSSR count). The number of hydrogen-bond donors (Lipinski definition) is 1. The largest absolute Gasteiger partial charge is 0.314 e. The summed E-state index contributed by atoms with van der Waals surface area (Å²) in [6, 6.07) is 13.3. The minimum Gasteiger partial charge on any atom is -0.314 e. The Morgan fingerprint density at radius 2 is 2.11 bits per heavy atom. The maximum atomic E-state index is 4.49. The summed E-state index contributed by atoms with van der Waals surface area (Å²) in [7, 11) is 1.97. The zero-order valence-corrected chi connectivity index (χ0v) is 11.3. The van der Waals surface area contributed by atoms with Crippen LogP contribution in [0.2, 0.25) is 0 Å². The van der Waals surface area contributed by atoms with Gasteiger partial charge in [0.1, 0.15) is 0 Å². The average Bonchev–Trinajstić information content (AvgIpc) is 2.86. The minimum atomic E-state index is 0.442. The van der Waals surface area contributed by atoms with Gasteiger partial charge in [-0.25, -0.2) is 0 Å². The number of aromatic nitrogens is 2. The van der Waals surface area contributed by atoms with Crippen LogP contribution in [0.3, 0.4) is 0 Å². The molecule has 1 aliphatic heterocycles. The van der Waals surface area contributed by atoms with Crippen LogP contribution in [0, 0.1) is 0 Å². The van der Waals surface area contributed by atoms with E-state index in [1.165, 1.54) is 5.56 Å². The Morgan fingerprint density at radius 3 is 2.84 bits per heavy atom. The SMILES string of the molecule is Cn1ccc(CN2CCNCC2c2ccccc2)n1. The van der Waals surface area contributed by atoms with Crippen molar-refractivity contribution in [3.63, 3.8) is 0 Å². The maximum Gasteiger partial charge on any atom is 0.0764 e. The molecule has 0 saturated carbocycles. The van der Waals surface area contributed by atoms with E-state index in [4.69, 9.17) is 0 Å². The first-order valence-corrected chi connectivity index (χ1v) is 6.81. The summed E-state index contributed by atoms with van der Waals surface area (Å²) < 4.78 is 1.87. The lowest BCUT2D eigenvalue weighted by molar-refractivity contribution is 0.151. The number of aryl methyl sites for hydroxylation is 1. The van der Waals surface area contributed by atoms with E-state index < -0.39 is 0 Å². The van der Waals surface area contributed by atoms with Crippen molar-refractivity contribution in [2.24, 2.45) is 7.05 Å². The number of piperazine rings is 1. The molecule has 1 aliphatic rings. The van der Waals surface area contributed by atoms with Gasteiger partial charge in [0.2, 0.25) is 0 Å². The van der Waals surface area contributed by atoms with Crippen LogP contribution in [-0.2, 0) is 13.6 Å². The van der Waals surface area contributed by atoms with Gasteiger partial charge in [0.15, 0.2) is 0 Å². The first-order valence-electron chi connectivity index (χ1n) is 6.81. The summed E-state index contributed by atoms with van der Waals surface area (Å²) in [5.41, 5.74) is 2.52. The Hall–Kier alpha value is -1.65. The second kappa shape index (κ2) is 5.55. The molecule has 2 aromatic rings. The van der Waals surface area contributed by atoms with Gasteiger partial charge in [-0.15, -0.1) is 0 Å². The van der Waals surface area contributed by atoms with Crippen molar-refractivity contribution in [2.75, 3.05) is 19.6 Å². The molecule has 1 N–H and O–H groups in total. The Balaban J connectivity index is 1.77. The number of nitrogens with one attached hydrogen (secondary N) is 1. The molecule has 0 radical (unpaired) electrons. The fraction of sp³-hybridized carbons (Fsp3) is 0.400. The molecule has 1 unspecified atom stereocenters. The summed E-state index contributed by atoms with van der Waals surface area (Å²) in [5, 5.41) is 7.97. The number of nitrogens with zero attached hydrogens (tertiary/aromatic N) is 3. The van der Waals surface area contributed by atoms with Crippen LogP contribution >= 0.6 is 0 Å². The molecule has 0 aliphatic carbocycles. The molecule has 1 aromatic carbocycles. The van der Waals surface area contributed by atoms with Gasteiger partial charge in [-0.1, -0.05) is 30.3 Å². The summed E-state index contributed by atoms with van der Waals surface area (Å²) in [6.07, 6.45) is 2.01. The van der Waals surface area contributed by atoms with Crippen molar-refractivity contribution in [2.45, 2.75) is 12.6 Å². The molecule has 1 aromatic heterocycles. The van der Waals surface area contributed by atoms with Gasteiger partial charge in [-0.3, -0.25) is 9.58 Å². The smallest absolute Gasteiger partial charge is 0.0764 e. The third-order valence-electron chi connectivity index (χ3n) is 3.67. The zero-order valence-electron chi connectivity index (χ0n) is 11.3. The molecule has 0 bridgehead atoms. The fourth-order valence-electron chi connectivity index (χ4n) is 2.70. The molecule has 19 heavy (non-hydrogen) atoms. The Bertz CT molecular complexity index is 520. The monoisotopic (exact) mass is 256 g/mol. The van der Waals surface area contributed by atoms with Crippen LogP contribution in [0.4, 0.5) is 0 Å². The molecule has 4 heteroatoms. The van der Waals surface area contributed by atoms with E-state index in [1.54, 1.807) is 0 Å². The summed E-state index contributed by atoms with van der Waals surface area (Å²) in [4.78, 5) is 2.51. The number of rotatable bonds is 3. The highest BCUT2D eigenvalue weighted by Crippen LogP contribution is 2.23. The van der Waals surface area contributed by atoms with Crippen molar-refractivity contribution in [3.8, 4) is 0 Å². The average molecular weight is 256 g/mol.